The van der Waals surface area contributed by atoms with Gasteiger partial charge in [0.05, 0.1) is 22.8 Å². The van der Waals surface area contributed by atoms with Crippen LogP contribution >= 0.6 is 0 Å². The van der Waals surface area contributed by atoms with Crippen LogP contribution in [0.5, 0.6) is 0 Å². The molecule has 198 valence electrons. The minimum atomic E-state index is -3.81. The molecular formula is C27H31F3N4O3. The number of methoxy groups -OCH3 is 1. The zero-order chi connectivity index (χ0) is 27.5. The molecule has 1 aliphatic rings. The lowest BCUT2D eigenvalue weighted by atomic mass is 9.90. The number of carbonyl (C=O) groups excluding carboxylic acids is 1. The molecule has 0 bridgehead atoms. The second kappa shape index (κ2) is 8.95. The number of amides is 1. The van der Waals surface area contributed by atoms with E-state index in [-0.39, 0.29) is 11.5 Å². The number of hydrogen-bond acceptors (Lipinski definition) is 6. The molecule has 3 aromatic rings. The van der Waals surface area contributed by atoms with Crippen LogP contribution in [0.2, 0.25) is 0 Å². The number of benzene rings is 2. The fraction of sp³-hybridized carbons (Fsp3) is 0.444. The van der Waals surface area contributed by atoms with E-state index in [2.05, 4.69) is 15.3 Å². The maximum absolute atomic E-state index is 15.4. The zero-order valence-corrected chi connectivity index (χ0v) is 21.9. The monoisotopic (exact) mass is 516 g/mol. The summed E-state index contributed by atoms with van der Waals surface area (Å²) in [7, 11) is 3.16. The smallest absolute Gasteiger partial charge is 0.303 e. The third kappa shape index (κ3) is 4.02. The Kier molecular flexibility index (Phi) is 6.49. The van der Waals surface area contributed by atoms with Crippen molar-refractivity contribution in [2.45, 2.75) is 64.2 Å². The summed E-state index contributed by atoms with van der Waals surface area (Å²) in [4.78, 5) is 23.6. The van der Waals surface area contributed by atoms with Gasteiger partial charge >= 0.3 is 5.92 Å². The van der Waals surface area contributed by atoms with Gasteiger partial charge in [-0.2, -0.15) is 8.78 Å². The number of anilines is 2. The van der Waals surface area contributed by atoms with Crippen LogP contribution in [-0.4, -0.2) is 40.7 Å². The third-order valence-corrected chi connectivity index (χ3v) is 7.17. The van der Waals surface area contributed by atoms with Crippen molar-refractivity contribution in [3.8, 4) is 0 Å². The molecule has 1 unspecified atom stereocenters. The number of nitrogens with zero attached hydrogens (tertiary/aromatic N) is 3. The van der Waals surface area contributed by atoms with Crippen LogP contribution in [0.4, 0.5) is 24.7 Å². The summed E-state index contributed by atoms with van der Waals surface area (Å²) in [5.74, 6) is -4.31. The van der Waals surface area contributed by atoms with E-state index in [1.807, 2.05) is 6.92 Å². The quantitative estimate of drug-likeness (QED) is 0.441. The number of likely N-dealkylation sites (N-methyl/N-ethyl adjacent to an activating group) is 1. The lowest BCUT2D eigenvalue weighted by Crippen LogP contribution is -2.41. The number of aliphatic hydroxyl groups is 1. The normalized spacial score (nSPS) is 18.9. The molecule has 1 aromatic heterocycles. The molecule has 2 heterocycles. The Labute approximate surface area is 213 Å². The minimum absolute atomic E-state index is 0.0105. The first-order valence-electron chi connectivity index (χ1n) is 12.0. The standard InChI is InChI=1S/C27H31F3N4O3/c1-8-26(37-7)19-13-20-17(12-21(19)34(6)24(26)35)23(33-15(3)32-20)31-14(2)16-10-9-11-18(22(16)28)27(29,30)25(4,5)36/h9-14,36H,8H2,1-7H3,(H,31,32,33)/t14-,26?/m1/s1. The summed E-state index contributed by atoms with van der Waals surface area (Å²) >= 11 is 0. The molecule has 7 nitrogen and oxygen atoms in total. The fourth-order valence-electron chi connectivity index (χ4n) is 4.91. The molecule has 0 saturated heterocycles. The maximum Gasteiger partial charge on any atom is 0.303 e. The Balaban J connectivity index is 1.81. The summed E-state index contributed by atoms with van der Waals surface area (Å²) in [5.41, 5.74) is -2.57. The van der Waals surface area contributed by atoms with Gasteiger partial charge in [-0.3, -0.25) is 4.79 Å². The van der Waals surface area contributed by atoms with Crippen molar-refractivity contribution in [1.82, 2.24) is 9.97 Å². The average Bonchev–Trinajstić information content (AvgIpc) is 3.03. The van der Waals surface area contributed by atoms with Crippen LogP contribution in [0.1, 0.15) is 62.7 Å². The van der Waals surface area contributed by atoms with Crippen molar-refractivity contribution in [2.24, 2.45) is 0 Å². The Hall–Kier alpha value is -3.24. The highest BCUT2D eigenvalue weighted by atomic mass is 19.3. The van der Waals surface area contributed by atoms with Gasteiger partial charge in [-0.15, -0.1) is 0 Å². The lowest BCUT2D eigenvalue weighted by Gasteiger charge is -2.30. The van der Waals surface area contributed by atoms with Crippen LogP contribution in [0.3, 0.4) is 0 Å². The highest BCUT2D eigenvalue weighted by Crippen LogP contribution is 2.46. The van der Waals surface area contributed by atoms with Gasteiger partial charge in [-0.25, -0.2) is 14.4 Å². The van der Waals surface area contributed by atoms with E-state index < -0.39 is 34.5 Å². The number of carbonyl (C=O) groups is 1. The topological polar surface area (TPSA) is 87.6 Å². The van der Waals surface area contributed by atoms with Crippen molar-refractivity contribution in [3.05, 3.63) is 58.7 Å². The van der Waals surface area contributed by atoms with E-state index in [4.69, 9.17) is 4.74 Å². The van der Waals surface area contributed by atoms with E-state index in [0.717, 1.165) is 19.9 Å². The Bertz CT molecular complexity index is 1380. The molecule has 2 N–H and O–H groups in total. The molecular weight excluding hydrogens is 485 g/mol. The number of halogens is 3. The molecule has 0 radical (unpaired) electrons. The number of ether oxygens (including phenoxy) is 1. The van der Waals surface area contributed by atoms with Crippen molar-refractivity contribution < 1.29 is 27.8 Å². The maximum atomic E-state index is 15.4. The van der Waals surface area contributed by atoms with Gasteiger partial charge in [-0.1, -0.05) is 19.1 Å². The van der Waals surface area contributed by atoms with Gasteiger partial charge < -0.3 is 20.1 Å². The molecule has 1 amide bonds. The van der Waals surface area contributed by atoms with Crippen LogP contribution in [0.25, 0.3) is 10.9 Å². The third-order valence-electron chi connectivity index (χ3n) is 7.17. The molecule has 4 rings (SSSR count). The van der Waals surface area contributed by atoms with Crippen molar-refractivity contribution in [2.75, 3.05) is 24.4 Å². The predicted octanol–water partition coefficient (Wildman–Crippen LogP) is 5.34. The predicted molar refractivity (Wildman–Crippen MR) is 135 cm³/mol. The van der Waals surface area contributed by atoms with Gasteiger partial charge in [0.25, 0.3) is 5.91 Å². The Morgan fingerprint density at radius 3 is 2.51 bits per heavy atom. The van der Waals surface area contributed by atoms with Gasteiger partial charge in [0.15, 0.2) is 5.60 Å². The largest absolute Gasteiger partial charge is 0.384 e. The first-order valence-corrected chi connectivity index (χ1v) is 12.0. The number of fused-ring (bicyclic) bond motifs is 2. The molecule has 2 aromatic carbocycles. The second-order valence-corrected chi connectivity index (χ2v) is 9.96. The second-order valence-electron chi connectivity index (χ2n) is 9.96. The summed E-state index contributed by atoms with van der Waals surface area (Å²) in [6.45, 7) is 7.08. The number of aromatic nitrogens is 2. The van der Waals surface area contributed by atoms with E-state index in [0.29, 0.717) is 40.2 Å². The molecule has 1 aliphatic heterocycles. The van der Waals surface area contributed by atoms with E-state index >= 15 is 4.39 Å². The summed E-state index contributed by atoms with van der Waals surface area (Å²) < 4.78 is 50.7. The lowest BCUT2D eigenvalue weighted by molar-refractivity contribution is -0.170. The van der Waals surface area contributed by atoms with Gasteiger partial charge in [-0.05, 0) is 52.3 Å². The van der Waals surface area contributed by atoms with E-state index in [1.165, 1.54) is 24.1 Å². The van der Waals surface area contributed by atoms with Crippen LogP contribution < -0.4 is 10.2 Å². The van der Waals surface area contributed by atoms with Crippen LogP contribution in [0.15, 0.2) is 30.3 Å². The summed E-state index contributed by atoms with van der Waals surface area (Å²) in [6.07, 6.45) is 0.433. The summed E-state index contributed by atoms with van der Waals surface area (Å²) in [6, 6.07) is 6.52. The van der Waals surface area contributed by atoms with Gasteiger partial charge in [0.2, 0.25) is 0 Å². The molecule has 0 spiro atoms. The fourth-order valence-corrected chi connectivity index (χ4v) is 4.91. The number of aryl methyl sites for hydroxylation is 1. The minimum Gasteiger partial charge on any atom is -0.384 e. The molecule has 2 atom stereocenters. The van der Waals surface area contributed by atoms with Gasteiger partial charge in [0, 0.05) is 30.7 Å². The van der Waals surface area contributed by atoms with Crippen LogP contribution in [-0.2, 0) is 21.1 Å². The van der Waals surface area contributed by atoms with Crippen molar-refractivity contribution in [3.63, 3.8) is 0 Å². The number of nitrogens with one attached hydrogen (secondary N) is 1. The number of alkyl halides is 2. The molecule has 37 heavy (non-hydrogen) atoms. The average molecular weight is 517 g/mol. The highest BCUT2D eigenvalue weighted by Gasteiger charge is 2.50. The van der Waals surface area contributed by atoms with E-state index in [1.54, 1.807) is 33.0 Å². The Morgan fingerprint density at radius 1 is 1.24 bits per heavy atom. The van der Waals surface area contributed by atoms with Crippen LogP contribution in [0, 0.1) is 12.7 Å². The summed E-state index contributed by atoms with van der Waals surface area (Å²) in [5, 5.41) is 13.7. The van der Waals surface area contributed by atoms with Gasteiger partial charge in [0.1, 0.15) is 23.1 Å². The SMILES string of the molecule is CCC1(OC)C(=O)N(C)c2cc3c(N[C@H](C)c4cccc(C(F)(F)C(C)(C)O)c4F)nc(C)nc3cc21. The molecule has 0 aliphatic carbocycles. The molecule has 0 saturated carbocycles. The highest BCUT2D eigenvalue weighted by molar-refractivity contribution is 6.09. The zero-order valence-electron chi connectivity index (χ0n) is 21.9. The first-order chi connectivity index (χ1) is 17.2. The molecule has 0 fully saturated rings. The van der Waals surface area contributed by atoms with Crippen molar-refractivity contribution >= 4 is 28.3 Å². The first kappa shape index (κ1) is 26.8. The Morgan fingerprint density at radius 2 is 1.92 bits per heavy atom. The number of rotatable bonds is 7. The molecule has 10 heteroatoms. The van der Waals surface area contributed by atoms with E-state index in [9.17, 15) is 18.7 Å². The number of hydrogen-bond donors (Lipinski definition) is 2. The van der Waals surface area contributed by atoms with Crippen molar-refractivity contribution in [1.29, 1.82) is 0 Å².